The second-order valence-electron chi connectivity index (χ2n) is 9.56. The molecule has 1 aliphatic rings. The summed E-state index contributed by atoms with van der Waals surface area (Å²) in [5.41, 5.74) is 10.5. The first-order valence-electron chi connectivity index (χ1n) is 11.7. The summed E-state index contributed by atoms with van der Waals surface area (Å²) in [6.07, 6.45) is 3.75. The summed E-state index contributed by atoms with van der Waals surface area (Å²) >= 11 is 0. The quantitative estimate of drug-likeness (QED) is 0.280. The molecule has 4 heterocycles. The van der Waals surface area contributed by atoms with Gasteiger partial charge in [0, 0.05) is 34.1 Å². The predicted octanol–water partition coefficient (Wildman–Crippen LogP) is 7.55. The van der Waals surface area contributed by atoms with Crippen molar-refractivity contribution < 1.29 is 0 Å². The van der Waals surface area contributed by atoms with E-state index in [1.807, 2.05) is 30.6 Å². The van der Waals surface area contributed by atoms with Crippen LogP contribution in [0.25, 0.3) is 49.9 Å². The van der Waals surface area contributed by atoms with Crippen LogP contribution in [0, 0.1) is 0 Å². The highest BCUT2D eigenvalue weighted by atomic mass is 15.0. The van der Waals surface area contributed by atoms with Crippen LogP contribution in [-0.2, 0) is 5.41 Å². The zero-order valence-corrected chi connectivity index (χ0v) is 19.2. The Hall–Kier alpha value is -4.24. The van der Waals surface area contributed by atoms with Gasteiger partial charge in [0.25, 0.3) is 0 Å². The van der Waals surface area contributed by atoms with E-state index in [1.54, 1.807) is 0 Å². The van der Waals surface area contributed by atoms with Crippen molar-refractivity contribution in [3.8, 4) is 28.1 Å². The van der Waals surface area contributed by atoms with Crippen molar-refractivity contribution in [2.45, 2.75) is 19.3 Å². The molecule has 7 rings (SSSR count). The smallest absolute Gasteiger partial charge is 0.0744 e. The Labute approximate surface area is 198 Å². The van der Waals surface area contributed by atoms with E-state index in [0.29, 0.717) is 0 Å². The fourth-order valence-corrected chi connectivity index (χ4v) is 5.58. The molecule has 0 saturated carbocycles. The van der Waals surface area contributed by atoms with Gasteiger partial charge in [-0.25, -0.2) is 0 Å². The lowest BCUT2D eigenvalue weighted by atomic mass is 9.77. The van der Waals surface area contributed by atoms with Crippen molar-refractivity contribution in [3.63, 3.8) is 0 Å². The molecule has 3 heteroatoms. The first kappa shape index (κ1) is 19.2. The third-order valence-corrected chi connectivity index (χ3v) is 7.24. The Morgan fingerprint density at radius 2 is 1.47 bits per heavy atom. The molecule has 0 spiro atoms. The molecule has 0 N–H and O–H groups in total. The highest BCUT2D eigenvalue weighted by molar-refractivity contribution is 6.12. The lowest BCUT2D eigenvalue weighted by Gasteiger charge is -2.33. The van der Waals surface area contributed by atoms with E-state index < -0.39 is 0 Å². The topological polar surface area (TPSA) is 30.7 Å². The monoisotopic (exact) mass is 437 g/mol. The first-order valence-corrected chi connectivity index (χ1v) is 11.7. The Morgan fingerprint density at radius 1 is 0.647 bits per heavy atom. The molecule has 3 nitrogen and oxygen atoms in total. The van der Waals surface area contributed by atoms with Gasteiger partial charge < -0.3 is 4.57 Å². The number of fused-ring (bicyclic) bond motifs is 5. The summed E-state index contributed by atoms with van der Waals surface area (Å²) in [7, 11) is 0. The highest BCUT2D eigenvalue weighted by Gasteiger charge is 2.36. The number of para-hydroxylation sites is 1. The Kier molecular flexibility index (Phi) is 3.89. The summed E-state index contributed by atoms with van der Waals surface area (Å²) in [6.45, 7) is 4.56. The number of benzene rings is 3. The van der Waals surface area contributed by atoms with Crippen LogP contribution in [0.1, 0.15) is 25.1 Å². The Morgan fingerprint density at radius 3 is 2.35 bits per heavy atom. The van der Waals surface area contributed by atoms with Crippen LogP contribution in [0.2, 0.25) is 0 Å². The number of hydrogen-bond acceptors (Lipinski definition) is 2. The highest BCUT2D eigenvalue weighted by Crippen LogP contribution is 2.47. The molecule has 3 aromatic heterocycles. The maximum absolute atomic E-state index is 4.82. The van der Waals surface area contributed by atoms with Crippen molar-refractivity contribution in [1.82, 2.24) is 14.5 Å². The fraction of sp³-hybridized carbons (Fsp3) is 0.0968. The standard InChI is InChI=1S/C31H23N3/c1-31(2)25-11-6-10-23-24-19-21(20-8-5-9-22(18-20)26-12-3-4-16-32-26)14-15-27(24)34(29(23)25)28-13-7-17-33-30(28)31/h3-19H,1-2H3. The zero-order valence-electron chi connectivity index (χ0n) is 19.2. The van der Waals surface area contributed by atoms with E-state index in [0.717, 1.165) is 17.0 Å². The predicted molar refractivity (Wildman–Crippen MR) is 139 cm³/mol. The average molecular weight is 438 g/mol. The maximum atomic E-state index is 4.82. The summed E-state index contributed by atoms with van der Waals surface area (Å²) in [5, 5.41) is 2.56. The van der Waals surface area contributed by atoms with Crippen molar-refractivity contribution in [3.05, 3.63) is 115 Å². The molecule has 0 saturated heterocycles. The van der Waals surface area contributed by atoms with Gasteiger partial charge in [0.2, 0.25) is 0 Å². The molecule has 0 radical (unpaired) electrons. The van der Waals surface area contributed by atoms with Gasteiger partial charge in [-0.15, -0.1) is 0 Å². The Balaban J connectivity index is 1.49. The van der Waals surface area contributed by atoms with E-state index in [2.05, 4.69) is 96.2 Å². The van der Waals surface area contributed by atoms with Crippen LogP contribution in [0.3, 0.4) is 0 Å². The minimum atomic E-state index is -0.152. The molecule has 6 aromatic rings. The van der Waals surface area contributed by atoms with Crippen LogP contribution in [0.5, 0.6) is 0 Å². The van der Waals surface area contributed by atoms with Gasteiger partial charge in [-0.2, -0.15) is 0 Å². The van der Waals surface area contributed by atoms with Gasteiger partial charge in [0.15, 0.2) is 0 Å². The van der Waals surface area contributed by atoms with Crippen molar-refractivity contribution in [2.75, 3.05) is 0 Å². The minimum Gasteiger partial charge on any atom is -0.307 e. The largest absolute Gasteiger partial charge is 0.307 e. The summed E-state index contributed by atoms with van der Waals surface area (Å²) in [4.78, 5) is 9.35. The van der Waals surface area contributed by atoms with Gasteiger partial charge >= 0.3 is 0 Å². The van der Waals surface area contributed by atoms with Crippen molar-refractivity contribution >= 4 is 21.8 Å². The molecule has 0 bridgehead atoms. The van der Waals surface area contributed by atoms with Crippen LogP contribution >= 0.6 is 0 Å². The third kappa shape index (κ3) is 2.58. The Bertz CT molecular complexity index is 1730. The summed E-state index contributed by atoms with van der Waals surface area (Å²) < 4.78 is 2.40. The number of rotatable bonds is 2. The number of aromatic nitrogens is 3. The van der Waals surface area contributed by atoms with E-state index in [4.69, 9.17) is 4.98 Å². The molecule has 162 valence electrons. The van der Waals surface area contributed by atoms with Gasteiger partial charge in [0.1, 0.15) is 0 Å². The van der Waals surface area contributed by atoms with Gasteiger partial charge in [-0.1, -0.05) is 48.5 Å². The second kappa shape index (κ2) is 6.88. The van der Waals surface area contributed by atoms with Gasteiger partial charge in [-0.05, 0) is 73.0 Å². The molecule has 0 fully saturated rings. The normalized spacial score (nSPS) is 13.8. The molecule has 0 unspecified atom stereocenters. The minimum absolute atomic E-state index is 0.152. The van der Waals surface area contributed by atoms with Gasteiger partial charge in [-0.3, -0.25) is 9.97 Å². The lowest BCUT2D eigenvalue weighted by molar-refractivity contribution is 0.606. The molecule has 1 aliphatic heterocycles. The van der Waals surface area contributed by atoms with Gasteiger partial charge in [0.05, 0.1) is 28.1 Å². The fourth-order valence-electron chi connectivity index (χ4n) is 5.58. The summed E-state index contributed by atoms with van der Waals surface area (Å²) in [5.74, 6) is 0. The molecular weight excluding hydrogens is 414 g/mol. The molecule has 0 amide bonds. The number of pyridine rings is 2. The van der Waals surface area contributed by atoms with E-state index in [9.17, 15) is 0 Å². The van der Waals surface area contributed by atoms with E-state index in [-0.39, 0.29) is 5.41 Å². The molecule has 0 aliphatic carbocycles. The van der Waals surface area contributed by atoms with Crippen molar-refractivity contribution in [1.29, 1.82) is 0 Å². The average Bonchev–Trinajstić information content (AvgIpc) is 3.22. The summed E-state index contributed by atoms with van der Waals surface area (Å²) in [6, 6.07) is 32.4. The molecular formula is C31H23N3. The number of nitrogens with zero attached hydrogens (tertiary/aromatic N) is 3. The van der Waals surface area contributed by atoms with E-state index >= 15 is 0 Å². The molecule has 34 heavy (non-hydrogen) atoms. The maximum Gasteiger partial charge on any atom is 0.0744 e. The molecule has 0 atom stereocenters. The zero-order chi connectivity index (χ0) is 22.9. The lowest BCUT2D eigenvalue weighted by Crippen LogP contribution is -2.27. The van der Waals surface area contributed by atoms with Crippen LogP contribution in [0.15, 0.2) is 103 Å². The van der Waals surface area contributed by atoms with Crippen LogP contribution in [-0.4, -0.2) is 14.5 Å². The third-order valence-electron chi connectivity index (χ3n) is 7.24. The van der Waals surface area contributed by atoms with Crippen molar-refractivity contribution in [2.24, 2.45) is 0 Å². The van der Waals surface area contributed by atoms with E-state index in [1.165, 1.54) is 44.2 Å². The number of hydrogen-bond donors (Lipinski definition) is 0. The second-order valence-corrected chi connectivity index (χ2v) is 9.56. The first-order chi connectivity index (χ1) is 16.6. The van der Waals surface area contributed by atoms with Crippen LogP contribution < -0.4 is 0 Å². The molecule has 3 aromatic carbocycles. The SMILES string of the molecule is CC1(C)c2ncccc2-n2c3ccc(-c4cccc(-c5ccccn5)c4)cc3c3cccc1c32. The van der Waals surface area contributed by atoms with Crippen LogP contribution in [0.4, 0.5) is 0 Å².